The summed E-state index contributed by atoms with van der Waals surface area (Å²) in [5.74, 6) is -6.87. The third-order valence-electron chi connectivity index (χ3n) is 7.34. The van der Waals surface area contributed by atoms with E-state index in [4.69, 9.17) is 25.5 Å². The van der Waals surface area contributed by atoms with Crippen molar-refractivity contribution in [2.75, 3.05) is 25.4 Å². The largest absolute Gasteiger partial charge is 0.490 e. The molecule has 0 spiro atoms. The summed E-state index contributed by atoms with van der Waals surface area (Å²) in [7, 11) is 0. The van der Waals surface area contributed by atoms with Crippen molar-refractivity contribution in [3.63, 3.8) is 0 Å². The number of carboxylic acids is 2. The smallest absolute Gasteiger partial charge is 0.475 e. The number of halogens is 8. The average Bonchev–Trinajstić information content (AvgIpc) is 3.51. The van der Waals surface area contributed by atoms with E-state index < -0.39 is 35.9 Å². The van der Waals surface area contributed by atoms with Gasteiger partial charge in [-0.05, 0) is 31.0 Å². The molecule has 2 aliphatic heterocycles. The highest BCUT2D eigenvalue weighted by Crippen LogP contribution is 2.45. The standard InChI is InChI=1S/C24H20F2N6OS.2C2HF3O2/c1-11-18-20(13-2-3-16(25)22-19(13)15(9-27)23(28)34-22)17(26)8-14-21(18)32(30-11)6-4-12-10-29-5-7-31(12)24(14)33;2*3-2(4,5)1(6)7/h2-3,8,12,29H,4-7,10,28H2,1H3;2*(H,6,7)/t12-;;/m1../s1. The van der Waals surface area contributed by atoms with E-state index in [1.165, 1.54) is 18.2 Å². The van der Waals surface area contributed by atoms with E-state index in [1.807, 2.05) is 11.0 Å². The van der Waals surface area contributed by atoms with Crippen LogP contribution in [0.3, 0.4) is 0 Å². The Labute approximate surface area is 267 Å². The molecule has 0 unspecified atom stereocenters. The zero-order chi connectivity index (χ0) is 35.9. The number of aromatic nitrogens is 2. The molecule has 20 heteroatoms. The van der Waals surface area contributed by atoms with Crippen LogP contribution in [0.4, 0.5) is 40.1 Å². The zero-order valence-electron chi connectivity index (χ0n) is 24.3. The van der Waals surface area contributed by atoms with Crippen molar-refractivity contribution < 1.29 is 59.7 Å². The van der Waals surface area contributed by atoms with E-state index in [0.29, 0.717) is 48.3 Å². The fraction of sp³-hybridized carbons (Fsp3) is 0.321. The number of hydrogen-bond donors (Lipinski definition) is 4. The molecular weight excluding hydrogens is 684 g/mol. The summed E-state index contributed by atoms with van der Waals surface area (Å²) in [6.07, 6.45) is -9.44. The Morgan fingerprint density at radius 1 is 1.04 bits per heavy atom. The zero-order valence-corrected chi connectivity index (χ0v) is 25.1. The van der Waals surface area contributed by atoms with Crippen molar-refractivity contribution in [2.45, 2.75) is 38.3 Å². The Morgan fingerprint density at radius 2 is 1.65 bits per heavy atom. The molecular formula is C28H22F8N6O5S. The number of hydrogen-bond acceptors (Lipinski definition) is 8. The minimum Gasteiger partial charge on any atom is -0.475 e. The van der Waals surface area contributed by atoms with E-state index in [-0.39, 0.29) is 43.7 Å². The van der Waals surface area contributed by atoms with Crippen LogP contribution < -0.4 is 11.1 Å². The molecule has 11 nitrogen and oxygen atoms in total. The fourth-order valence-corrected chi connectivity index (χ4v) is 6.30. The maximum atomic E-state index is 15.9. The van der Waals surface area contributed by atoms with Gasteiger partial charge in [-0.25, -0.2) is 18.4 Å². The van der Waals surface area contributed by atoms with Crippen molar-refractivity contribution in [3.05, 3.63) is 46.7 Å². The number of piperazine rings is 1. The summed E-state index contributed by atoms with van der Waals surface area (Å²) in [6.45, 7) is 4.28. The number of nitrogens with zero attached hydrogens (tertiary/aromatic N) is 4. The number of anilines is 1. The second kappa shape index (κ2) is 13.2. The Morgan fingerprint density at radius 3 is 2.21 bits per heavy atom. The molecule has 256 valence electrons. The van der Waals surface area contributed by atoms with Crippen molar-refractivity contribution in [2.24, 2.45) is 0 Å². The molecule has 0 saturated carbocycles. The summed E-state index contributed by atoms with van der Waals surface area (Å²) in [5, 5.41) is 32.9. The number of benzene rings is 2. The van der Waals surface area contributed by atoms with Crippen LogP contribution in [0.15, 0.2) is 18.2 Å². The van der Waals surface area contributed by atoms with Crippen molar-refractivity contribution >= 4 is 55.2 Å². The number of carbonyl (C=O) groups is 3. The number of carbonyl (C=O) groups excluding carboxylic acids is 1. The number of nitrogens with one attached hydrogen (secondary N) is 1. The van der Waals surface area contributed by atoms with Crippen LogP contribution in [0.2, 0.25) is 0 Å². The highest BCUT2D eigenvalue weighted by molar-refractivity contribution is 7.23. The summed E-state index contributed by atoms with van der Waals surface area (Å²) >= 11 is 0.967. The number of aryl methyl sites for hydroxylation is 2. The molecule has 1 atom stereocenters. The number of nitriles is 1. The quantitative estimate of drug-likeness (QED) is 0.198. The number of fused-ring (bicyclic) bond motifs is 2. The molecule has 4 aromatic rings. The molecule has 0 aliphatic carbocycles. The molecule has 2 aromatic heterocycles. The summed E-state index contributed by atoms with van der Waals surface area (Å²) in [6, 6.07) is 6.05. The van der Waals surface area contributed by atoms with E-state index >= 15 is 4.39 Å². The highest BCUT2D eigenvalue weighted by atomic mass is 32.1. The molecule has 2 aromatic carbocycles. The molecule has 1 fully saturated rings. The second-order valence-corrected chi connectivity index (χ2v) is 11.4. The van der Waals surface area contributed by atoms with Crippen LogP contribution in [-0.2, 0) is 16.1 Å². The third-order valence-corrected chi connectivity index (χ3v) is 8.37. The topological polar surface area (TPSA) is 175 Å². The molecule has 0 radical (unpaired) electrons. The molecule has 2 aliphatic rings. The maximum Gasteiger partial charge on any atom is 0.490 e. The molecule has 6 rings (SSSR count). The van der Waals surface area contributed by atoms with Crippen molar-refractivity contribution in [1.29, 1.82) is 5.26 Å². The Balaban J connectivity index is 0.000000314. The van der Waals surface area contributed by atoms with Gasteiger partial charge in [0.1, 0.15) is 22.7 Å². The van der Waals surface area contributed by atoms with Crippen LogP contribution in [0.25, 0.3) is 32.1 Å². The summed E-state index contributed by atoms with van der Waals surface area (Å²) < 4.78 is 96.0. The summed E-state index contributed by atoms with van der Waals surface area (Å²) in [5.41, 5.74) is 8.09. The SMILES string of the molecule is Cc1nn2c3c(cc(F)c(-c4ccc(F)c5sc(N)c(C#N)c45)c13)C(=O)N1CCNC[C@H]1CC2.O=C(O)C(F)(F)F.O=C(O)C(F)(F)F. The number of nitrogens with two attached hydrogens (primary N) is 1. The van der Waals surface area contributed by atoms with Gasteiger partial charge in [-0.3, -0.25) is 9.48 Å². The van der Waals surface area contributed by atoms with Gasteiger partial charge in [0, 0.05) is 48.6 Å². The predicted molar refractivity (Wildman–Crippen MR) is 154 cm³/mol. The van der Waals surface area contributed by atoms with Gasteiger partial charge in [-0.1, -0.05) is 6.07 Å². The lowest BCUT2D eigenvalue weighted by molar-refractivity contribution is -0.193. The van der Waals surface area contributed by atoms with Crippen LogP contribution in [0, 0.1) is 29.9 Å². The highest BCUT2D eigenvalue weighted by Gasteiger charge is 2.39. The van der Waals surface area contributed by atoms with Crippen LogP contribution in [0.1, 0.15) is 28.0 Å². The fourth-order valence-electron chi connectivity index (χ4n) is 5.35. The predicted octanol–water partition coefficient (Wildman–Crippen LogP) is 5.04. The van der Waals surface area contributed by atoms with Crippen LogP contribution in [-0.4, -0.2) is 80.8 Å². The maximum absolute atomic E-state index is 15.9. The monoisotopic (exact) mass is 706 g/mol. The lowest BCUT2D eigenvalue weighted by atomic mass is 9.92. The normalized spacial score (nSPS) is 16.1. The first-order valence-corrected chi connectivity index (χ1v) is 14.3. The van der Waals surface area contributed by atoms with Gasteiger partial charge in [-0.15, -0.1) is 11.3 Å². The number of nitrogen functional groups attached to an aromatic ring is 1. The lowest BCUT2D eigenvalue weighted by Gasteiger charge is -2.37. The molecule has 5 N–H and O–H groups in total. The van der Waals surface area contributed by atoms with Gasteiger partial charge >= 0.3 is 24.3 Å². The second-order valence-electron chi connectivity index (χ2n) is 10.3. The van der Waals surface area contributed by atoms with E-state index in [2.05, 4.69) is 10.4 Å². The van der Waals surface area contributed by atoms with Gasteiger partial charge in [0.2, 0.25) is 0 Å². The molecule has 4 heterocycles. The van der Waals surface area contributed by atoms with E-state index in [0.717, 1.165) is 17.8 Å². The first-order valence-electron chi connectivity index (χ1n) is 13.5. The minimum atomic E-state index is -5.08. The molecule has 0 bridgehead atoms. The minimum absolute atomic E-state index is 0.0142. The first-order chi connectivity index (χ1) is 22.3. The Hall–Kier alpha value is -5.03. The Bertz CT molecular complexity index is 1960. The molecule has 1 amide bonds. The molecule has 48 heavy (non-hydrogen) atoms. The number of rotatable bonds is 1. The van der Waals surface area contributed by atoms with Gasteiger partial charge in [0.25, 0.3) is 5.91 Å². The van der Waals surface area contributed by atoms with Crippen molar-refractivity contribution in [3.8, 4) is 17.2 Å². The van der Waals surface area contributed by atoms with Gasteiger partial charge in [0.15, 0.2) is 0 Å². The molecule has 1 saturated heterocycles. The van der Waals surface area contributed by atoms with Crippen molar-refractivity contribution in [1.82, 2.24) is 20.0 Å². The number of carboxylic acid groups (broad SMARTS) is 2. The number of aliphatic carboxylic acids is 2. The van der Waals surface area contributed by atoms with E-state index in [9.17, 15) is 40.8 Å². The van der Waals surface area contributed by atoms with Crippen LogP contribution in [0.5, 0.6) is 0 Å². The first kappa shape index (κ1) is 35.8. The number of thiophene rings is 1. The lowest BCUT2D eigenvalue weighted by Crippen LogP contribution is -2.54. The number of amides is 1. The average molecular weight is 707 g/mol. The van der Waals surface area contributed by atoms with Gasteiger partial charge in [-0.2, -0.15) is 36.7 Å². The Kier molecular flexibility index (Phi) is 9.87. The number of alkyl halides is 6. The van der Waals surface area contributed by atoms with Crippen LogP contribution >= 0.6 is 11.3 Å². The third kappa shape index (κ3) is 6.82. The van der Waals surface area contributed by atoms with Gasteiger partial charge in [0.05, 0.1) is 27.0 Å². The van der Waals surface area contributed by atoms with Gasteiger partial charge < -0.3 is 26.2 Å². The van der Waals surface area contributed by atoms with E-state index in [1.54, 1.807) is 11.6 Å². The summed E-state index contributed by atoms with van der Waals surface area (Å²) in [4.78, 5) is 33.2.